The molecule has 0 heterocycles. The average molecular weight is 186 g/mol. The van der Waals surface area contributed by atoms with Gasteiger partial charge in [-0.15, -0.1) is 13.2 Å². The lowest BCUT2D eigenvalue weighted by Crippen LogP contribution is -2.27. The summed E-state index contributed by atoms with van der Waals surface area (Å²) in [4.78, 5) is 0. The molecule has 0 aromatic heterocycles. The molecule has 0 bridgehead atoms. The molecule has 0 aromatic rings. The summed E-state index contributed by atoms with van der Waals surface area (Å²) in [7, 11) is 0. The van der Waals surface area contributed by atoms with E-state index < -0.39 is 5.60 Å². The molecule has 0 amide bonds. The average Bonchev–Trinajstić information content (AvgIpc) is 2.02. The molecule has 12 heavy (non-hydrogen) atoms. The first-order valence-corrected chi connectivity index (χ1v) is 5.51. The van der Waals surface area contributed by atoms with Gasteiger partial charge in [0.25, 0.3) is 0 Å². The van der Waals surface area contributed by atoms with Crippen LogP contribution < -0.4 is 0 Å². The molecule has 0 spiro atoms. The van der Waals surface area contributed by atoms with E-state index in [1.165, 1.54) is 0 Å². The van der Waals surface area contributed by atoms with Crippen LogP contribution in [0.5, 0.6) is 0 Å². The fourth-order valence-corrected chi connectivity index (χ4v) is 1.70. The maximum atomic E-state index is 9.99. The van der Waals surface area contributed by atoms with Crippen LogP contribution >= 0.6 is 11.8 Å². The van der Waals surface area contributed by atoms with Crippen molar-refractivity contribution in [3.63, 3.8) is 0 Å². The Morgan fingerprint density at radius 2 is 1.83 bits per heavy atom. The van der Waals surface area contributed by atoms with Crippen molar-refractivity contribution in [1.29, 1.82) is 0 Å². The Kier molecular flexibility index (Phi) is 6.21. The van der Waals surface area contributed by atoms with Crippen molar-refractivity contribution in [3.8, 4) is 0 Å². The molecule has 2 heteroatoms. The van der Waals surface area contributed by atoms with Crippen molar-refractivity contribution in [2.75, 3.05) is 12.0 Å². The summed E-state index contributed by atoms with van der Waals surface area (Å²) in [5.41, 5.74) is -0.605. The second-order valence-corrected chi connectivity index (χ2v) is 3.94. The van der Waals surface area contributed by atoms with E-state index in [4.69, 9.17) is 0 Å². The lowest BCUT2D eigenvalue weighted by atomic mass is 9.93. The zero-order valence-corrected chi connectivity index (χ0v) is 8.57. The summed E-state index contributed by atoms with van der Waals surface area (Å²) in [6.07, 6.45) is 7.70. The zero-order chi connectivity index (χ0) is 9.45. The molecule has 0 aliphatic rings. The zero-order valence-electron chi connectivity index (χ0n) is 7.75. The van der Waals surface area contributed by atoms with E-state index in [0.29, 0.717) is 12.8 Å². The first-order valence-electron chi connectivity index (χ1n) is 4.11. The van der Waals surface area contributed by atoms with E-state index in [1.807, 2.05) is 6.26 Å². The van der Waals surface area contributed by atoms with Gasteiger partial charge >= 0.3 is 0 Å². The predicted molar refractivity (Wildman–Crippen MR) is 57.6 cm³/mol. The van der Waals surface area contributed by atoms with Crippen LogP contribution in [0.4, 0.5) is 0 Å². The Bertz CT molecular complexity index is 133. The number of rotatable bonds is 7. The fourth-order valence-electron chi connectivity index (χ4n) is 1.12. The maximum absolute atomic E-state index is 9.99. The molecule has 0 atom stereocenters. The van der Waals surface area contributed by atoms with Gasteiger partial charge in [0.1, 0.15) is 0 Å². The molecule has 0 saturated carbocycles. The molecular weight excluding hydrogens is 168 g/mol. The van der Waals surface area contributed by atoms with E-state index in [-0.39, 0.29) is 0 Å². The van der Waals surface area contributed by atoms with Crippen LogP contribution in [0.1, 0.15) is 19.3 Å². The Morgan fingerprint density at radius 1 is 1.33 bits per heavy atom. The number of aliphatic hydroxyl groups is 1. The molecule has 0 aromatic carbocycles. The molecule has 0 fully saturated rings. The maximum Gasteiger partial charge on any atom is 0.0723 e. The van der Waals surface area contributed by atoms with Crippen molar-refractivity contribution < 1.29 is 5.11 Å². The van der Waals surface area contributed by atoms with Crippen LogP contribution in [0.25, 0.3) is 0 Å². The summed E-state index contributed by atoms with van der Waals surface area (Å²) >= 11 is 1.75. The molecule has 1 nitrogen and oxygen atoms in total. The van der Waals surface area contributed by atoms with Crippen molar-refractivity contribution in [2.24, 2.45) is 0 Å². The van der Waals surface area contributed by atoms with E-state index in [0.717, 1.165) is 12.2 Å². The number of thioether (sulfide) groups is 1. The van der Waals surface area contributed by atoms with Crippen LogP contribution in [-0.4, -0.2) is 22.7 Å². The smallest absolute Gasteiger partial charge is 0.0723 e. The van der Waals surface area contributed by atoms with Gasteiger partial charge in [0.15, 0.2) is 0 Å². The standard InChI is InChI=1S/C10H18OS/c1-4-6-10(11,7-5-2)8-9-12-3/h4-5,11H,1-2,6-9H2,3H3. The lowest BCUT2D eigenvalue weighted by molar-refractivity contribution is 0.0437. The van der Waals surface area contributed by atoms with Crippen LogP contribution in [-0.2, 0) is 0 Å². The van der Waals surface area contributed by atoms with Gasteiger partial charge < -0.3 is 5.11 Å². The topological polar surface area (TPSA) is 20.2 Å². The normalized spacial score (nSPS) is 11.2. The first-order chi connectivity index (χ1) is 5.68. The number of hydrogen-bond acceptors (Lipinski definition) is 2. The highest BCUT2D eigenvalue weighted by molar-refractivity contribution is 7.98. The van der Waals surface area contributed by atoms with Crippen molar-refractivity contribution in [2.45, 2.75) is 24.9 Å². The molecule has 0 rings (SSSR count). The van der Waals surface area contributed by atoms with Gasteiger partial charge in [0, 0.05) is 0 Å². The Morgan fingerprint density at radius 3 is 2.17 bits per heavy atom. The van der Waals surface area contributed by atoms with E-state index in [9.17, 15) is 5.11 Å². The van der Waals surface area contributed by atoms with Gasteiger partial charge in [0.05, 0.1) is 5.60 Å². The summed E-state index contributed by atoms with van der Waals surface area (Å²) in [6.45, 7) is 7.27. The van der Waals surface area contributed by atoms with Gasteiger partial charge in [0.2, 0.25) is 0 Å². The third kappa shape index (κ3) is 4.62. The van der Waals surface area contributed by atoms with Gasteiger partial charge in [-0.1, -0.05) is 12.2 Å². The lowest BCUT2D eigenvalue weighted by Gasteiger charge is -2.24. The molecule has 0 unspecified atom stereocenters. The van der Waals surface area contributed by atoms with Crippen LogP contribution in [0.3, 0.4) is 0 Å². The predicted octanol–water partition coefficient (Wildman–Crippen LogP) is 2.62. The minimum atomic E-state index is -0.605. The van der Waals surface area contributed by atoms with Gasteiger partial charge in [-0.3, -0.25) is 0 Å². The van der Waals surface area contributed by atoms with Gasteiger partial charge in [-0.25, -0.2) is 0 Å². The summed E-state index contributed by atoms with van der Waals surface area (Å²) in [5.74, 6) is 0.984. The summed E-state index contributed by atoms with van der Waals surface area (Å²) in [6, 6.07) is 0. The second kappa shape index (κ2) is 6.32. The van der Waals surface area contributed by atoms with Crippen LogP contribution in [0.15, 0.2) is 25.3 Å². The molecule has 1 N–H and O–H groups in total. The summed E-state index contributed by atoms with van der Waals surface area (Å²) in [5, 5.41) is 9.99. The highest BCUT2D eigenvalue weighted by Crippen LogP contribution is 2.22. The van der Waals surface area contributed by atoms with Crippen molar-refractivity contribution in [3.05, 3.63) is 25.3 Å². The highest BCUT2D eigenvalue weighted by Gasteiger charge is 2.22. The second-order valence-electron chi connectivity index (χ2n) is 2.95. The highest BCUT2D eigenvalue weighted by atomic mass is 32.2. The van der Waals surface area contributed by atoms with E-state index in [2.05, 4.69) is 13.2 Å². The third-order valence-electron chi connectivity index (χ3n) is 1.82. The third-order valence-corrected chi connectivity index (χ3v) is 2.43. The van der Waals surface area contributed by atoms with Gasteiger partial charge in [-0.05, 0) is 31.3 Å². The molecule has 70 valence electrons. The molecular formula is C10H18OS. The molecule has 0 aliphatic heterocycles. The Hall–Kier alpha value is -0.210. The number of hydrogen-bond donors (Lipinski definition) is 1. The molecule has 0 aliphatic carbocycles. The Labute approximate surface area is 79.6 Å². The van der Waals surface area contributed by atoms with Crippen molar-refractivity contribution in [1.82, 2.24) is 0 Å². The minimum absolute atomic E-state index is 0.605. The quantitative estimate of drug-likeness (QED) is 0.617. The Balaban J connectivity index is 3.96. The SMILES string of the molecule is C=CCC(O)(CC=C)CCSC. The minimum Gasteiger partial charge on any atom is -0.389 e. The first kappa shape index (κ1) is 11.8. The summed E-state index contributed by atoms with van der Waals surface area (Å²) < 4.78 is 0. The molecule has 0 radical (unpaired) electrons. The van der Waals surface area contributed by atoms with E-state index in [1.54, 1.807) is 23.9 Å². The molecule has 0 saturated heterocycles. The monoisotopic (exact) mass is 186 g/mol. The fraction of sp³-hybridized carbons (Fsp3) is 0.600. The largest absolute Gasteiger partial charge is 0.389 e. The van der Waals surface area contributed by atoms with Gasteiger partial charge in [-0.2, -0.15) is 11.8 Å². The van der Waals surface area contributed by atoms with E-state index >= 15 is 0 Å². The van der Waals surface area contributed by atoms with Crippen LogP contribution in [0, 0.1) is 0 Å². The van der Waals surface area contributed by atoms with Crippen LogP contribution in [0.2, 0.25) is 0 Å². The van der Waals surface area contributed by atoms with Crippen molar-refractivity contribution >= 4 is 11.8 Å².